The zero-order valence-electron chi connectivity index (χ0n) is 13.8. The second-order valence-corrected chi connectivity index (χ2v) is 5.90. The molecule has 0 aliphatic heterocycles. The average Bonchev–Trinajstić information content (AvgIpc) is 2.56. The van der Waals surface area contributed by atoms with Crippen LogP contribution in [0.4, 0.5) is 0 Å². The van der Waals surface area contributed by atoms with Gasteiger partial charge in [0.2, 0.25) is 0 Å². The summed E-state index contributed by atoms with van der Waals surface area (Å²) in [6.07, 6.45) is 22.1. The lowest BCUT2D eigenvalue weighted by Crippen LogP contribution is -2.07. The molecule has 0 fully saturated rings. The first-order chi connectivity index (χ1) is 10.9. The molecule has 0 aromatic carbocycles. The van der Waals surface area contributed by atoms with Gasteiger partial charge in [-0.3, -0.25) is 4.98 Å². The Labute approximate surface area is 135 Å². The van der Waals surface area contributed by atoms with Crippen LogP contribution in [-0.2, 0) is 6.42 Å². The predicted molar refractivity (Wildman–Crippen MR) is 93.0 cm³/mol. The van der Waals surface area contributed by atoms with Crippen molar-refractivity contribution in [1.29, 1.82) is 0 Å². The maximum absolute atomic E-state index is 8.43. The van der Waals surface area contributed by atoms with Crippen molar-refractivity contribution in [3.05, 3.63) is 42.2 Å². The minimum Gasteiger partial charge on any atom is -0.317 e. The third-order valence-electron chi connectivity index (χ3n) is 3.89. The normalized spacial score (nSPS) is 11.3. The standard InChI is InChI=1S/C19H32N2O/c22-21-17-12-10-8-6-4-2-1-3-5-7-9-11-14-19-15-13-16-20-18-19/h4,6,13,15-16,18,21-22H,1-3,5,7-12,14,17H2/b6-4-. The first-order valence-corrected chi connectivity index (χ1v) is 8.84. The molecule has 124 valence electrons. The number of nitrogens with zero attached hydrogens (tertiary/aromatic N) is 1. The quantitative estimate of drug-likeness (QED) is 0.287. The fraction of sp³-hybridized carbons (Fsp3) is 0.632. The molecule has 0 saturated carbocycles. The van der Waals surface area contributed by atoms with Crippen LogP contribution in [0.1, 0.15) is 69.8 Å². The highest BCUT2D eigenvalue weighted by atomic mass is 16.5. The van der Waals surface area contributed by atoms with Crippen LogP contribution >= 0.6 is 0 Å². The summed E-state index contributed by atoms with van der Waals surface area (Å²) >= 11 is 0. The Bertz CT molecular complexity index is 365. The molecule has 1 heterocycles. The summed E-state index contributed by atoms with van der Waals surface area (Å²) in [6, 6.07) is 4.19. The van der Waals surface area contributed by atoms with Gasteiger partial charge in [0, 0.05) is 18.9 Å². The molecule has 0 spiro atoms. The predicted octanol–water partition coefficient (Wildman–Crippen LogP) is 5.06. The second-order valence-electron chi connectivity index (χ2n) is 5.90. The van der Waals surface area contributed by atoms with Crippen molar-refractivity contribution in [3.8, 4) is 0 Å². The number of rotatable bonds is 14. The van der Waals surface area contributed by atoms with Crippen molar-refractivity contribution in [2.75, 3.05) is 6.54 Å². The number of nitrogens with one attached hydrogen (secondary N) is 1. The monoisotopic (exact) mass is 304 g/mol. The maximum atomic E-state index is 8.43. The molecule has 0 aliphatic carbocycles. The molecule has 1 rings (SSSR count). The molecule has 3 heteroatoms. The number of allylic oxidation sites excluding steroid dienone is 2. The Kier molecular flexibility index (Phi) is 12.6. The minimum atomic E-state index is 0.703. The Hall–Kier alpha value is -1.19. The summed E-state index contributed by atoms with van der Waals surface area (Å²) in [5.74, 6) is 0. The molecule has 0 amide bonds. The average molecular weight is 304 g/mol. The summed E-state index contributed by atoms with van der Waals surface area (Å²) < 4.78 is 0. The highest BCUT2D eigenvalue weighted by Crippen LogP contribution is 2.10. The fourth-order valence-electron chi connectivity index (χ4n) is 2.55. The Morgan fingerprint density at radius 2 is 1.59 bits per heavy atom. The van der Waals surface area contributed by atoms with Crippen molar-refractivity contribution in [2.24, 2.45) is 0 Å². The van der Waals surface area contributed by atoms with Gasteiger partial charge in [-0.2, -0.15) is 0 Å². The molecule has 0 saturated heterocycles. The highest BCUT2D eigenvalue weighted by Gasteiger charge is 1.94. The summed E-state index contributed by atoms with van der Waals surface area (Å²) in [6.45, 7) is 0.703. The van der Waals surface area contributed by atoms with Crippen LogP contribution in [0.2, 0.25) is 0 Å². The van der Waals surface area contributed by atoms with E-state index >= 15 is 0 Å². The van der Waals surface area contributed by atoms with Crippen LogP contribution < -0.4 is 5.48 Å². The van der Waals surface area contributed by atoms with Gasteiger partial charge < -0.3 is 5.21 Å². The zero-order chi connectivity index (χ0) is 15.7. The van der Waals surface area contributed by atoms with Gasteiger partial charge in [0.25, 0.3) is 0 Å². The van der Waals surface area contributed by atoms with Crippen molar-refractivity contribution in [2.45, 2.75) is 70.6 Å². The van der Waals surface area contributed by atoms with Crippen molar-refractivity contribution < 1.29 is 5.21 Å². The van der Waals surface area contributed by atoms with E-state index in [1.54, 1.807) is 0 Å². The molecule has 0 bridgehead atoms. The highest BCUT2D eigenvalue weighted by molar-refractivity contribution is 5.08. The number of hydrogen-bond acceptors (Lipinski definition) is 3. The van der Waals surface area contributed by atoms with Gasteiger partial charge in [-0.1, -0.05) is 43.9 Å². The van der Waals surface area contributed by atoms with E-state index in [1.807, 2.05) is 18.5 Å². The van der Waals surface area contributed by atoms with Gasteiger partial charge in [0.15, 0.2) is 0 Å². The van der Waals surface area contributed by atoms with Gasteiger partial charge in [-0.25, -0.2) is 5.48 Å². The first-order valence-electron chi connectivity index (χ1n) is 8.84. The number of pyridine rings is 1. The lowest BCUT2D eigenvalue weighted by Gasteiger charge is -2.01. The Morgan fingerprint density at radius 1 is 0.909 bits per heavy atom. The first kappa shape index (κ1) is 18.9. The van der Waals surface area contributed by atoms with Gasteiger partial charge in [-0.05, 0) is 56.6 Å². The fourth-order valence-corrected chi connectivity index (χ4v) is 2.55. The SMILES string of the molecule is ONCCCC/C=C\CCCCCCCCc1cccnc1. The second kappa shape index (κ2) is 14.7. The molecule has 22 heavy (non-hydrogen) atoms. The molecule has 2 N–H and O–H groups in total. The molecule has 1 aromatic heterocycles. The molecular formula is C19H32N2O. The maximum Gasteiger partial charge on any atom is 0.0299 e. The molecule has 1 aromatic rings. The molecular weight excluding hydrogens is 272 g/mol. The van der Waals surface area contributed by atoms with E-state index in [-0.39, 0.29) is 0 Å². The Morgan fingerprint density at radius 3 is 2.27 bits per heavy atom. The van der Waals surface area contributed by atoms with E-state index in [0.29, 0.717) is 6.54 Å². The number of aryl methyl sites for hydroxylation is 1. The van der Waals surface area contributed by atoms with Crippen LogP contribution in [0.5, 0.6) is 0 Å². The van der Waals surface area contributed by atoms with Crippen molar-refractivity contribution in [1.82, 2.24) is 10.5 Å². The van der Waals surface area contributed by atoms with E-state index in [9.17, 15) is 0 Å². The zero-order valence-corrected chi connectivity index (χ0v) is 13.8. The van der Waals surface area contributed by atoms with E-state index < -0.39 is 0 Å². The largest absolute Gasteiger partial charge is 0.317 e. The smallest absolute Gasteiger partial charge is 0.0299 e. The summed E-state index contributed by atoms with van der Waals surface area (Å²) in [7, 11) is 0. The third kappa shape index (κ3) is 11.5. The van der Waals surface area contributed by atoms with Crippen molar-refractivity contribution in [3.63, 3.8) is 0 Å². The number of unbranched alkanes of at least 4 members (excludes halogenated alkanes) is 8. The summed E-state index contributed by atoms with van der Waals surface area (Å²) in [5.41, 5.74) is 3.55. The number of hydroxylamine groups is 1. The number of aromatic nitrogens is 1. The van der Waals surface area contributed by atoms with Crippen LogP contribution in [0, 0.1) is 0 Å². The van der Waals surface area contributed by atoms with E-state index in [4.69, 9.17) is 5.21 Å². The van der Waals surface area contributed by atoms with E-state index in [1.165, 1.54) is 56.9 Å². The summed E-state index contributed by atoms with van der Waals surface area (Å²) in [5, 5.41) is 8.43. The lowest BCUT2D eigenvalue weighted by molar-refractivity contribution is 0.165. The molecule has 0 radical (unpaired) electrons. The van der Waals surface area contributed by atoms with Crippen LogP contribution in [-0.4, -0.2) is 16.7 Å². The third-order valence-corrected chi connectivity index (χ3v) is 3.89. The van der Waals surface area contributed by atoms with Crippen LogP contribution in [0.3, 0.4) is 0 Å². The van der Waals surface area contributed by atoms with Crippen LogP contribution in [0.25, 0.3) is 0 Å². The van der Waals surface area contributed by atoms with Gasteiger partial charge in [-0.15, -0.1) is 0 Å². The molecule has 0 aliphatic rings. The number of hydrogen-bond donors (Lipinski definition) is 2. The Balaban J connectivity index is 1.79. The van der Waals surface area contributed by atoms with Crippen molar-refractivity contribution >= 4 is 0 Å². The van der Waals surface area contributed by atoms with Gasteiger partial charge in [0.05, 0.1) is 0 Å². The molecule has 0 unspecified atom stereocenters. The van der Waals surface area contributed by atoms with E-state index in [2.05, 4.69) is 28.7 Å². The minimum absolute atomic E-state index is 0.703. The van der Waals surface area contributed by atoms with Crippen LogP contribution in [0.15, 0.2) is 36.7 Å². The van der Waals surface area contributed by atoms with Gasteiger partial charge >= 0.3 is 0 Å². The lowest BCUT2D eigenvalue weighted by atomic mass is 10.1. The summed E-state index contributed by atoms with van der Waals surface area (Å²) in [4.78, 5) is 4.15. The molecule has 0 atom stereocenters. The van der Waals surface area contributed by atoms with E-state index in [0.717, 1.165) is 19.3 Å². The van der Waals surface area contributed by atoms with Gasteiger partial charge in [0.1, 0.15) is 0 Å². The topological polar surface area (TPSA) is 45.1 Å². The molecule has 3 nitrogen and oxygen atoms in total.